The normalized spacial score (nSPS) is 13.0. The number of carbonyl (C=O) groups excluding carboxylic acids is 1. The highest BCUT2D eigenvalue weighted by Crippen LogP contribution is 2.18. The fourth-order valence-corrected chi connectivity index (χ4v) is 2.35. The van der Waals surface area contributed by atoms with Crippen molar-refractivity contribution in [1.29, 1.82) is 0 Å². The van der Waals surface area contributed by atoms with Crippen LogP contribution < -0.4 is 10.5 Å². The molecule has 0 radical (unpaired) electrons. The van der Waals surface area contributed by atoms with Gasteiger partial charge in [-0.3, -0.25) is 4.79 Å². The first-order chi connectivity index (χ1) is 8.83. The maximum Gasteiger partial charge on any atom is 0.154 e. The maximum absolute atomic E-state index is 11.9. The van der Waals surface area contributed by atoms with Crippen molar-refractivity contribution in [3.63, 3.8) is 0 Å². The van der Waals surface area contributed by atoms with Gasteiger partial charge in [0.2, 0.25) is 0 Å². The van der Waals surface area contributed by atoms with E-state index in [9.17, 15) is 13.2 Å². The Morgan fingerprint density at radius 1 is 1.37 bits per heavy atom. The third kappa shape index (κ3) is 5.40. The molecule has 2 N–H and O–H groups in total. The fraction of sp³-hybridized carbons (Fsp3) is 0.462. The molecule has 0 aliphatic carbocycles. The highest BCUT2D eigenvalue weighted by atomic mass is 32.2. The predicted molar refractivity (Wildman–Crippen MR) is 74.0 cm³/mol. The Hall–Kier alpha value is -1.40. The van der Waals surface area contributed by atoms with Crippen LogP contribution in [0.1, 0.15) is 12.0 Å². The summed E-state index contributed by atoms with van der Waals surface area (Å²) in [4.78, 5) is 11.9. The molecule has 106 valence electrons. The SMILES string of the molecule is COc1ccccc1CC(=O)C(N)CCS(C)(=O)=O. The maximum atomic E-state index is 11.9. The van der Waals surface area contributed by atoms with Crippen LogP contribution in [0.2, 0.25) is 0 Å². The molecule has 1 rings (SSSR count). The molecule has 5 nitrogen and oxygen atoms in total. The second-order valence-corrected chi connectivity index (χ2v) is 6.74. The van der Waals surface area contributed by atoms with Crippen molar-refractivity contribution < 1.29 is 17.9 Å². The lowest BCUT2D eigenvalue weighted by Crippen LogP contribution is -2.33. The molecule has 1 aromatic carbocycles. The lowest BCUT2D eigenvalue weighted by molar-refractivity contribution is -0.119. The third-order valence-corrected chi connectivity index (χ3v) is 3.75. The van der Waals surface area contributed by atoms with E-state index in [0.717, 1.165) is 11.8 Å². The molecule has 0 aromatic heterocycles. The number of carbonyl (C=O) groups is 1. The zero-order valence-electron chi connectivity index (χ0n) is 11.1. The Labute approximate surface area is 113 Å². The molecular weight excluding hydrogens is 266 g/mol. The van der Waals surface area contributed by atoms with Crippen LogP contribution in [0, 0.1) is 0 Å². The average Bonchev–Trinajstić information content (AvgIpc) is 2.35. The van der Waals surface area contributed by atoms with Crippen LogP contribution in [0.25, 0.3) is 0 Å². The molecule has 0 saturated carbocycles. The second kappa shape index (κ2) is 6.68. The van der Waals surface area contributed by atoms with E-state index in [1.54, 1.807) is 12.1 Å². The van der Waals surface area contributed by atoms with Crippen LogP contribution in [-0.2, 0) is 21.1 Å². The zero-order chi connectivity index (χ0) is 14.5. The van der Waals surface area contributed by atoms with E-state index >= 15 is 0 Å². The number of ketones is 1. The van der Waals surface area contributed by atoms with E-state index in [1.807, 2.05) is 12.1 Å². The van der Waals surface area contributed by atoms with Crippen LogP contribution in [0.15, 0.2) is 24.3 Å². The van der Waals surface area contributed by atoms with Crippen molar-refractivity contribution in [2.45, 2.75) is 18.9 Å². The predicted octanol–water partition coefficient (Wildman–Crippen LogP) is 0.569. The van der Waals surface area contributed by atoms with Crippen molar-refractivity contribution in [1.82, 2.24) is 0 Å². The first-order valence-corrected chi connectivity index (χ1v) is 7.97. The number of nitrogens with two attached hydrogens (primary N) is 1. The van der Waals surface area contributed by atoms with E-state index in [2.05, 4.69) is 0 Å². The van der Waals surface area contributed by atoms with Crippen molar-refractivity contribution in [2.24, 2.45) is 5.73 Å². The number of hydrogen-bond donors (Lipinski definition) is 1. The van der Waals surface area contributed by atoms with Gasteiger partial charge in [0, 0.05) is 18.2 Å². The number of benzene rings is 1. The topological polar surface area (TPSA) is 86.5 Å². The number of hydrogen-bond acceptors (Lipinski definition) is 5. The van der Waals surface area contributed by atoms with Gasteiger partial charge in [0.1, 0.15) is 15.6 Å². The standard InChI is InChI=1S/C13H19NO4S/c1-18-13-6-4-3-5-10(13)9-12(15)11(14)7-8-19(2,16)17/h3-6,11H,7-9,14H2,1-2H3. The molecule has 0 saturated heterocycles. The molecule has 1 aromatic rings. The quantitative estimate of drug-likeness (QED) is 0.791. The van der Waals surface area contributed by atoms with E-state index in [0.29, 0.717) is 5.75 Å². The molecule has 0 aliphatic rings. The Morgan fingerprint density at radius 2 is 2.00 bits per heavy atom. The van der Waals surface area contributed by atoms with Crippen LogP contribution >= 0.6 is 0 Å². The summed E-state index contributed by atoms with van der Waals surface area (Å²) >= 11 is 0. The molecule has 0 spiro atoms. The average molecular weight is 285 g/mol. The summed E-state index contributed by atoms with van der Waals surface area (Å²) in [6, 6.07) is 6.42. The van der Waals surface area contributed by atoms with Gasteiger partial charge in [-0.25, -0.2) is 8.42 Å². The molecule has 1 unspecified atom stereocenters. The van der Waals surface area contributed by atoms with Gasteiger partial charge in [0.15, 0.2) is 5.78 Å². The molecule has 0 heterocycles. The summed E-state index contributed by atoms with van der Waals surface area (Å²) in [5, 5.41) is 0. The summed E-state index contributed by atoms with van der Waals surface area (Å²) in [5.41, 5.74) is 6.46. The summed E-state index contributed by atoms with van der Waals surface area (Å²) in [6.45, 7) is 0. The molecule has 0 aliphatic heterocycles. The number of rotatable bonds is 7. The number of ether oxygens (including phenoxy) is 1. The van der Waals surface area contributed by atoms with Gasteiger partial charge in [-0.1, -0.05) is 18.2 Å². The molecule has 0 amide bonds. The third-order valence-electron chi connectivity index (χ3n) is 2.77. The van der Waals surface area contributed by atoms with Gasteiger partial charge >= 0.3 is 0 Å². The van der Waals surface area contributed by atoms with Gasteiger partial charge < -0.3 is 10.5 Å². The first kappa shape index (κ1) is 15.7. The van der Waals surface area contributed by atoms with Crippen LogP contribution in [0.5, 0.6) is 5.75 Å². The zero-order valence-corrected chi connectivity index (χ0v) is 11.9. The highest BCUT2D eigenvalue weighted by molar-refractivity contribution is 7.90. The first-order valence-electron chi connectivity index (χ1n) is 5.91. The lowest BCUT2D eigenvalue weighted by atomic mass is 10.0. The smallest absolute Gasteiger partial charge is 0.154 e. The number of methoxy groups -OCH3 is 1. The molecule has 1 atom stereocenters. The molecule has 19 heavy (non-hydrogen) atoms. The van der Waals surface area contributed by atoms with Crippen molar-refractivity contribution in [2.75, 3.05) is 19.1 Å². The summed E-state index contributed by atoms with van der Waals surface area (Å²) in [5.74, 6) is 0.366. The summed E-state index contributed by atoms with van der Waals surface area (Å²) in [6.07, 6.45) is 1.42. The molecule has 0 fully saturated rings. The van der Waals surface area contributed by atoms with Gasteiger partial charge in [0.25, 0.3) is 0 Å². The number of sulfone groups is 1. The van der Waals surface area contributed by atoms with E-state index < -0.39 is 15.9 Å². The Morgan fingerprint density at radius 3 is 2.58 bits per heavy atom. The second-order valence-electron chi connectivity index (χ2n) is 4.48. The monoisotopic (exact) mass is 285 g/mol. The minimum Gasteiger partial charge on any atom is -0.496 e. The summed E-state index contributed by atoms with van der Waals surface area (Å²) < 4.78 is 27.2. The fourth-order valence-electron chi connectivity index (χ4n) is 1.67. The Kier molecular flexibility index (Phi) is 5.50. The minimum atomic E-state index is -3.10. The molecule has 0 bridgehead atoms. The van der Waals surface area contributed by atoms with Crippen molar-refractivity contribution in [3.05, 3.63) is 29.8 Å². The molecular formula is C13H19NO4S. The van der Waals surface area contributed by atoms with Gasteiger partial charge in [-0.15, -0.1) is 0 Å². The van der Waals surface area contributed by atoms with Crippen molar-refractivity contribution in [3.8, 4) is 5.75 Å². The van der Waals surface area contributed by atoms with Gasteiger partial charge in [-0.05, 0) is 12.5 Å². The van der Waals surface area contributed by atoms with Gasteiger partial charge in [-0.2, -0.15) is 0 Å². The molecule has 6 heteroatoms. The largest absolute Gasteiger partial charge is 0.496 e. The summed E-state index contributed by atoms with van der Waals surface area (Å²) in [7, 11) is -1.56. The minimum absolute atomic E-state index is 0.0775. The van der Waals surface area contributed by atoms with Crippen LogP contribution in [0.3, 0.4) is 0 Å². The van der Waals surface area contributed by atoms with E-state index in [4.69, 9.17) is 10.5 Å². The Balaban J connectivity index is 2.64. The Bertz CT molecular complexity index is 539. The van der Waals surface area contributed by atoms with Crippen LogP contribution in [0.4, 0.5) is 0 Å². The van der Waals surface area contributed by atoms with Gasteiger partial charge in [0.05, 0.1) is 18.9 Å². The number of Topliss-reactive ketones (excluding diaryl/α,β-unsaturated/α-hetero) is 1. The van der Waals surface area contributed by atoms with E-state index in [-0.39, 0.29) is 24.4 Å². The highest BCUT2D eigenvalue weighted by Gasteiger charge is 2.17. The number of para-hydroxylation sites is 1. The van der Waals surface area contributed by atoms with Crippen molar-refractivity contribution >= 4 is 15.6 Å². The lowest BCUT2D eigenvalue weighted by Gasteiger charge is -2.12. The van der Waals surface area contributed by atoms with Crippen LogP contribution in [-0.4, -0.2) is 39.4 Å². The van der Waals surface area contributed by atoms with E-state index in [1.165, 1.54) is 7.11 Å².